The van der Waals surface area contributed by atoms with Crippen molar-refractivity contribution in [2.45, 2.75) is 20.8 Å². The molecule has 1 aromatic rings. The lowest BCUT2D eigenvalue weighted by Crippen LogP contribution is -2.20. The van der Waals surface area contributed by atoms with E-state index in [1.165, 1.54) is 12.1 Å². The third kappa shape index (κ3) is 1.92. The fraction of sp³-hybridized carbons (Fsp3) is 0.364. The van der Waals surface area contributed by atoms with Gasteiger partial charge in [-0.2, -0.15) is 0 Å². The maximum atomic E-state index is 12.9. The van der Waals surface area contributed by atoms with E-state index >= 15 is 0 Å². The summed E-state index contributed by atoms with van der Waals surface area (Å²) in [5.41, 5.74) is -0.580. The summed E-state index contributed by atoms with van der Waals surface area (Å²) in [7, 11) is 0. The number of benzene rings is 1. The molecule has 0 bridgehead atoms. The molecule has 2 nitrogen and oxygen atoms in total. The summed E-state index contributed by atoms with van der Waals surface area (Å²) in [5.74, 6) is -1.60. The first-order valence-electron chi connectivity index (χ1n) is 4.36. The van der Waals surface area contributed by atoms with E-state index in [1.807, 2.05) is 0 Å². The van der Waals surface area contributed by atoms with E-state index in [1.54, 1.807) is 20.8 Å². The zero-order chi connectivity index (χ0) is 10.9. The normalized spacial score (nSPS) is 11.4. The number of phenolic OH excluding ortho intramolecular Hbond substituents is 1. The molecule has 0 aliphatic carbocycles. The lowest BCUT2D eigenvalue weighted by Gasteiger charge is -2.17. The Morgan fingerprint density at radius 2 is 1.93 bits per heavy atom. The van der Waals surface area contributed by atoms with Crippen molar-refractivity contribution in [2.24, 2.45) is 5.41 Å². The number of hydrogen-bond acceptors (Lipinski definition) is 2. The number of aromatic hydroxyl groups is 1. The molecule has 0 aliphatic heterocycles. The molecule has 0 amide bonds. The van der Waals surface area contributed by atoms with Gasteiger partial charge in [-0.05, 0) is 12.1 Å². The van der Waals surface area contributed by atoms with Crippen LogP contribution in [-0.4, -0.2) is 10.9 Å². The minimum absolute atomic E-state index is 0.0394. The van der Waals surface area contributed by atoms with E-state index in [-0.39, 0.29) is 11.3 Å². The predicted molar refractivity (Wildman–Crippen MR) is 51.9 cm³/mol. The molecule has 76 valence electrons. The van der Waals surface area contributed by atoms with E-state index < -0.39 is 17.0 Å². The topological polar surface area (TPSA) is 37.3 Å². The molecule has 0 heterocycles. The molecule has 0 atom stereocenters. The van der Waals surface area contributed by atoms with Crippen LogP contribution < -0.4 is 0 Å². The van der Waals surface area contributed by atoms with Crippen LogP contribution in [0.2, 0.25) is 0 Å². The van der Waals surface area contributed by atoms with E-state index in [9.17, 15) is 14.3 Å². The van der Waals surface area contributed by atoms with Gasteiger partial charge in [-0.25, -0.2) is 4.39 Å². The van der Waals surface area contributed by atoms with Gasteiger partial charge in [0.1, 0.15) is 0 Å². The van der Waals surface area contributed by atoms with Crippen LogP contribution in [0.15, 0.2) is 18.2 Å². The van der Waals surface area contributed by atoms with E-state index in [4.69, 9.17) is 0 Å². The highest BCUT2D eigenvalue weighted by Gasteiger charge is 2.26. The maximum absolute atomic E-state index is 12.9. The molecule has 0 saturated carbocycles. The van der Waals surface area contributed by atoms with Crippen molar-refractivity contribution in [1.82, 2.24) is 0 Å². The molecule has 0 radical (unpaired) electrons. The summed E-state index contributed by atoms with van der Waals surface area (Å²) in [5, 5.41) is 9.34. The summed E-state index contributed by atoms with van der Waals surface area (Å²) in [4.78, 5) is 11.7. The van der Waals surface area contributed by atoms with Gasteiger partial charge in [-0.1, -0.05) is 26.8 Å². The van der Waals surface area contributed by atoms with Crippen LogP contribution in [0.4, 0.5) is 4.39 Å². The van der Waals surface area contributed by atoms with Crippen molar-refractivity contribution in [1.29, 1.82) is 0 Å². The van der Waals surface area contributed by atoms with Crippen LogP contribution >= 0.6 is 0 Å². The Labute approximate surface area is 82.4 Å². The van der Waals surface area contributed by atoms with Crippen LogP contribution in [0.3, 0.4) is 0 Å². The first kappa shape index (κ1) is 10.7. The van der Waals surface area contributed by atoms with Crippen molar-refractivity contribution < 1.29 is 14.3 Å². The minimum Gasteiger partial charge on any atom is -0.504 e. The zero-order valence-corrected chi connectivity index (χ0v) is 8.47. The maximum Gasteiger partial charge on any atom is 0.171 e. The quantitative estimate of drug-likeness (QED) is 0.701. The SMILES string of the molecule is CC(C)(C)C(=O)c1cccc(F)c1O. The number of halogens is 1. The molecule has 3 heteroatoms. The lowest BCUT2D eigenvalue weighted by molar-refractivity contribution is 0.0854. The highest BCUT2D eigenvalue weighted by atomic mass is 19.1. The van der Waals surface area contributed by atoms with Gasteiger partial charge in [0.25, 0.3) is 0 Å². The second kappa shape index (κ2) is 3.40. The molecule has 0 fully saturated rings. The number of phenols is 1. The van der Waals surface area contributed by atoms with Crippen molar-refractivity contribution in [2.75, 3.05) is 0 Å². The highest BCUT2D eigenvalue weighted by molar-refractivity contribution is 6.01. The van der Waals surface area contributed by atoms with E-state index in [2.05, 4.69) is 0 Å². The molecule has 0 saturated heterocycles. The monoisotopic (exact) mass is 196 g/mol. The minimum atomic E-state index is -0.764. The van der Waals surface area contributed by atoms with E-state index in [0.29, 0.717) is 0 Å². The number of ketones is 1. The van der Waals surface area contributed by atoms with Crippen LogP contribution in [0.1, 0.15) is 31.1 Å². The summed E-state index contributed by atoms with van der Waals surface area (Å²) >= 11 is 0. The number of hydrogen-bond donors (Lipinski definition) is 1. The number of para-hydroxylation sites is 1. The van der Waals surface area contributed by atoms with Gasteiger partial charge in [0.05, 0.1) is 5.56 Å². The van der Waals surface area contributed by atoms with E-state index in [0.717, 1.165) is 6.07 Å². The van der Waals surface area contributed by atoms with Crippen LogP contribution in [-0.2, 0) is 0 Å². The Kier molecular flexibility index (Phi) is 2.60. The van der Waals surface area contributed by atoms with Gasteiger partial charge in [0, 0.05) is 5.41 Å². The van der Waals surface area contributed by atoms with Gasteiger partial charge in [0.2, 0.25) is 0 Å². The van der Waals surface area contributed by atoms with Crippen molar-refractivity contribution in [3.05, 3.63) is 29.6 Å². The molecule has 1 rings (SSSR count). The number of carbonyl (C=O) groups is 1. The fourth-order valence-corrected chi connectivity index (χ4v) is 1.10. The van der Waals surface area contributed by atoms with Crippen molar-refractivity contribution >= 4 is 5.78 Å². The molecule has 0 aliphatic rings. The van der Waals surface area contributed by atoms with Gasteiger partial charge >= 0.3 is 0 Å². The molecule has 14 heavy (non-hydrogen) atoms. The third-order valence-corrected chi connectivity index (χ3v) is 1.91. The molecule has 1 aromatic carbocycles. The van der Waals surface area contributed by atoms with Crippen LogP contribution in [0.25, 0.3) is 0 Å². The zero-order valence-electron chi connectivity index (χ0n) is 8.47. The van der Waals surface area contributed by atoms with Gasteiger partial charge in [-0.15, -0.1) is 0 Å². The Morgan fingerprint density at radius 3 is 2.43 bits per heavy atom. The van der Waals surface area contributed by atoms with Crippen LogP contribution in [0, 0.1) is 11.2 Å². The molecule has 0 spiro atoms. The average Bonchev–Trinajstić information content (AvgIpc) is 2.07. The molecule has 0 unspecified atom stereocenters. The summed E-state index contributed by atoms with van der Waals surface area (Å²) in [6.07, 6.45) is 0. The highest BCUT2D eigenvalue weighted by Crippen LogP contribution is 2.28. The fourth-order valence-electron chi connectivity index (χ4n) is 1.10. The van der Waals surface area contributed by atoms with Gasteiger partial charge in [0.15, 0.2) is 17.3 Å². The predicted octanol–water partition coefficient (Wildman–Crippen LogP) is 2.76. The Bertz CT molecular complexity index is 364. The Morgan fingerprint density at radius 1 is 1.36 bits per heavy atom. The second-order valence-electron chi connectivity index (χ2n) is 4.22. The first-order chi connectivity index (χ1) is 6.34. The van der Waals surface area contributed by atoms with Crippen molar-refractivity contribution in [3.63, 3.8) is 0 Å². The molecule has 1 N–H and O–H groups in total. The summed E-state index contributed by atoms with van der Waals surface area (Å²) in [6, 6.07) is 3.95. The summed E-state index contributed by atoms with van der Waals surface area (Å²) in [6.45, 7) is 5.17. The second-order valence-corrected chi connectivity index (χ2v) is 4.22. The number of carbonyl (C=O) groups excluding carboxylic acids is 1. The smallest absolute Gasteiger partial charge is 0.171 e. The van der Waals surface area contributed by atoms with Crippen molar-refractivity contribution in [3.8, 4) is 5.75 Å². The largest absolute Gasteiger partial charge is 0.504 e. The Balaban J connectivity index is 3.21. The standard InChI is InChI=1S/C11H13FO2/c1-11(2,3)10(14)7-5-4-6-8(12)9(7)13/h4-6,13H,1-3H3. The lowest BCUT2D eigenvalue weighted by atomic mass is 9.86. The Hall–Kier alpha value is -1.38. The third-order valence-electron chi connectivity index (χ3n) is 1.91. The average molecular weight is 196 g/mol. The van der Waals surface area contributed by atoms with Gasteiger partial charge < -0.3 is 5.11 Å². The molecule has 0 aromatic heterocycles. The number of rotatable bonds is 1. The summed E-state index contributed by atoms with van der Waals surface area (Å²) < 4.78 is 12.9. The molecular weight excluding hydrogens is 183 g/mol. The number of Topliss-reactive ketones (excluding diaryl/α,β-unsaturated/α-hetero) is 1. The first-order valence-corrected chi connectivity index (χ1v) is 4.36. The van der Waals surface area contributed by atoms with Crippen LogP contribution in [0.5, 0.6) is 5.75 Å². The van der Waals surface area contributed by atoms with Gasteiger partial charge in [-0.3, -0.25) is 4.79 Å². The molecular formula is C11H13FO2.